The van der Waals surface area contributed by atoms with Gasteiger partial charge in [-0.3, -0.25) is 4.79 Å². The molecule has 98 valence electrons. The average molecular weight is 320 g/mol. The molecule has 2 aromatic carbocycles. The molecular weight excluding hydrogens is 306 g/mol. The second-order valence-electron chi connectivity index (χ2n) is 4.31. The SMILES string of the molecule is Cc1ccc(NC(=O)c2cc(N)cc(N)c2)cc1Br. The number of anilines is 3. The first-order valence-corrected chi connectivity index (χ1v) is 6.48. The quantitative estimate of drug-likeness (QED) is 0.743. The molecule has 0 unspecified atom stereocenters. The molecule has 0 saturated carbocycles. The molecule has 0 spiro atoms. The normalized spacial score (nSPS) is 10.2. The van der Waals surface area contributed by atoms with Crippen LogP contribution in [-0.4, -0.2) is 5.91 Å². The maximum absolute atomic E-state index is 12.1. The van der Waals surface area contributed by atoms with Gasteiger partial charge in [-0.2, -0.15) is 0 Å². The number of halogens is 1. The first-order valence-electron chi connectivity index (χ1n) is 5.69. The summed E-state index contributed by atoms with van der Waals surface area (Å²) in [6, 6.07) is 10.4. The third-order valence-electron chi connectivity index (χ3n) is 2.67. The summed E-state index contributed by atoms with van der Waals surface area (Å²) in [6.07, 6.45) is 0. The minimum Gasteiger partial charge on any atom is -0.399 e. The average Bonchev–Trinajstić information content (AvgIpc) is 2.32. The molecule has 0 saturated heterocycles. The predicted molar refractivity (Wildman–Crippen MR) is 82.1 cm³/mol. The van der Waals surface area contributed by atoms with Crippen LogP contribution in [0.25, 0.3) is 0 Å². The molecule has 0 heterocycles. The standard InChI is InChI=1S/C14H14BrN3O/c1-8-2-3-12(7-13(8)15)18-14(19)9-4-10(16)6-11(17)5-9/h2-7H,16-17H2,1H3,(H,18,19). The molecule has 0 radical (unpaired) electrons. The lowest BCUT2D eigenvalue weighted by Crippen LogP contribution is -2.12. The Labute approximate surface area is 119 Å². The van der Waals surface area contributed by atoms with Crippen LogP contribution in [0, 0.1) is 6.92 Å². The van der Waals surface area contributed by atoms with E-state index in [2.05, 4.69) is 21.2 Å². The highest BCUT2D eigenvalue weighted by molar-refractivity contribution is 9.10. The molecule has 0 aliphatic heterocycles. The molecule has 0 aliphatic rings. The molecule has 5 N–H and O–H groups in total. The highest BCUT2D eigenvalue weighted by atomic mass is 79.9. The first kappa shape index (κ1) is 13.4. The van der Waals surface area contributed by atoms with Crippen molar-refractivity contribution in [3.8, 4) is 0 Å². The summed E-state index contributed by atoms with van der Waals surface area (Å²) in [5.74, 6) is -0.241. The molecule has 0 aliphatic carbocycles. The van der Waals surface area contributed by atoms with Crippen molar-refractivity contribution in [3.63, 3.8) is 0 Å². The van der Waals surface area contributed by atoms with E-state index in [4.69, 9.17) is 11.5 Å². The molecular formula is C14H14BrN3O. The third kappa shape index (κ3) is 3.26. The number of aryl methyl sites for hydroxylation is 1. The van der Waals surface area contributed by atoms with Crippen molar-refractivity contribution in [2.45, 2.75) is 6.92 Å². The Balaban J connectivity index is 2.22. The van der Waals surface area contributed by atoms with Gasteiger partial charge >= 0.3 is 0 Å². The fourth-order valence-electron chi connectivity index (χ4n) is 1.68. The van der Waals surface area contributed by atoms with Gasteiger partial charge in [-0.05, 0) is 42.8 Å². The van der Waals surface area contributed by atoms with Crippen molar-refractivity contribution < 1.29 is 4.79 Å². The van der Waals surface area contributed by atoms with E-state index in [1.807, 2.05) is 25.1 Å². The smallest absolute Gasteiger partial charge is 0.255 e. The summed E-state index contributed by atoms with van der Waals surface area (Å²) in [5.41, 5.74) is 14.5. The van der Waals surface area contributed by atoms with Crippen molar-refractivity contribution in [2.24, 2.45) is 0 Å². The van der Waals surface area contributed by atoms with Gasteiger partial charge in [-0.25, -0.2) is 0 Å². The lowest BCUT2D eigenvalue weighted by molar-refractivity contribution is 0.102. The van der Waals surface area contributed by atoms with Crippen molar-refractivity contribution in [1.82, 2.24) is 0 Å². The summed E-state index contributed by atoms with van der Waals surface area (Å²) in [4.78, 5) is 12.1. The molecule has 5 heteroatoms. The van der Waals surface area contributed by atoms with E-state index in [1.165, 1.54) is 0 Å². The Morgan fingerprint density at radius 1 is 1.11 bits per heavy atom. The monoisotopic (exact) mass is 319 g/mol. The molecule has 0 bridgehead atoms. The van der Waals surface area contributed by atoms with Gasteiger partial charge in [0.25, 0.3) is 5.91 Å². The lowest BCUT2D eigenvalue weighted by Gasteiger charge is -2.08. The van der Waals surface area contributed by atoms with Crippen LogP contribution in [0.2, 0.25) is 0 Å². The summed E-state index contributed by atoms with van der Waals surface area (Å²) >= 11 is 3.42. The maximum atomic E-state index is 12.1. The number of nitrogens with two attached hydrogens (primary N) is 2. The number of nitrogen functional groups attached to an aromatic ring is 2. The van der Waals surface area contributed by atoms with Gasteiger partial charge < -0.3 is 16.8 Å². The van der Waals surface area contributed by atoms with Crippen LogP contribution in [-0.2, 0) is 0 Å². The molecule has 2 rings (SSSR count). The molecule has 19 heavy (non-hydrogen) atoms. The van der Waals surface area contributed by atoms with E-state index in [-0.39, 0.29) is 5.91 Å². The second kappa shape index (κ2) is 5.32. The highest BCUT2D eigenvalue weighted by Crippen LogP contribution is 2.21. The van der Waals surface area contributed by atoms with Crippen molar-refractivity contribution in [1.29, 1.82) is 0 Å². The third-order valence-corrected chi connectivity index (χ3v) is 3.52. The van der Waals surface area contributed by atoms with E-state index in [0.29, 0.717) is 22.6 Å². The zero-order chi connectivity index (χ0) is 14.0. The predicted octanol–water partition coefficient (Wildman–Crippen LogP) is 3.17. The van der Waals surface area contributed by atoms with Crippen LogP contribution in [0.4, 0.5) is 17.1 Å². The van der Waals surface area contributed by atoms with Crippen molar-refractivity contribution in [3.05, 3.63) is 52.0 Å². The number of hydrogen-bond donors (Lipinski definition) is 3. The second-order valence-corrected chi connectivity index (χ2v) is 5.16. The molecule has 4 nitrogen and oxygen atoms in total. The van der Waals surface area contributed by atoms with Gasteiger partial charge in [-0.15, -0.1) is 0 Å². The minimum atomic E-state index is -0.241. The molecule has 2 aromatic rings. The molecule has 0 aromatic heterocycles. The van der Waals surface area contributed by atoms with Gasteiger partial charge in [0.05, 0.1) is 0 Å². The van der Waals surface area contributed by atoms with Crippen LogP contribution in [0.5, 0.6) is 0 Å². The van der Waals surface area contributed by atoms with E-state index >= 15 is 0 Å². The Morgan fingerprint density at radius 2 is 1.74 bits per heavy atom. The van der Waals surface area contributed by atoms with Crippen LogP contribution < -0.4 is 16.8 Å². The maximum Gasteiger partial charge on any atom is 0.255 e. The van der Waals surface area contributed by atoms with Gasteiger partial charge in [0, 0.05) is 27.1 Å². The van der Waals surface area contributed by atoms with Crippen LogP contribution in [0.1, 0.15) is 15.9 Å². The molecule has 0 atom stereocenters. The van der Waals surface area contributed by atoms with E-state index in [9.17, 15) is 4.79 Å². The number of nitrogens with one attached hydrogen (secondary N) is 1. The minimum absolute atomic E-state index is 0.241. The van der Waals surface area contributed by atoms with Gasteiger partial charge in [-0.1, -0.05) is 22.0 Å². The van der Waals surface area contributed by atoms with Crippen molar-refractivity contribution in [2.75, 3.05) is 16.8 Å². The largest absolute Gasteiger partial charge is 0.399 e. The summed E-state index contributed by atoms with van der Waals surface area (Å²) in [6.45, 7) is 1.98. The van der Waals surface area contributed by atoms with Gasteiger partial charge in [0.1, 0.15) is 0 Å². The number of hydrogen-bond acceptors (Lipinski definition) is 3. The summed E-state index contributed by atoms with van der Waals surface area (Å²) < 4.78 is 0.942. The Bertz CT molecular complexity index is 620. The number of rotatable bonds is 2. The van der Waals surface area contributed by atoms with Crippen LogP contribution >= 0.6 is 15.9 Å². The molecule has 1 amide bonds. The summed E-state index contributed by atoms with van der Waals surface area (Å²) in [7, 11) is 0. The Hall–Kier alpha value is -2.01. The van der Waals surface area contributed by atoms with Crippen LogP contribution in [0.3, 0.4) is 0 Å². The van der Waals surface area contributed by atoms with Gasteiger partial charge in [0.15, 0.2) is 0 Å². The number of amides is 1. The van der Waals surface area contributed by atoms with Gasteiger partial charge in [0.2, 0.25) is 0 Å². The number of carbonyl (C=O) groups is 1. The fourth-order valence-corrected chi connectivity index (χ4v) is 2.06. The number of carbonyl (C=O) groups excluding carboxylic acids is 1. The van der Waals surface area contributed by atoms with E-state index in [0.717, 1.165) is 10.0 Å². The topological polar surface area (TPSA) is 81.1 Å². The number of benzene rings is 2. The summed E-state index contributed by atoms with van der Waals surface area (Å²) in [5, 5.41) is 2.80. The van der Waals surface area contributed by atoms with E-state index in [1.54, 1.807) is 18.2 Å². The van der Waals surface area contributed by atoms with Crippen LogP contribution in [0.15, 0.2) is 40.9 Å². The first-order chi connectivity index (χ1) is 8.95. The lowest BCUT2D eigenvalue weighted by atomic mass is 10.1. The Morgan fingerprint density at radius 3 is 2.32 bits per heavy atom. The zero-order valence-corrected chi connectivity index (χ0v) is 12.0. The fraction of sp³-hybridized carbons (Fsp3) is 0.0714. The zero-order valence-electron chi connectivity index (χ0n) is 10.4. The highest BCUT2D eigenvalue weighted by Gasteiger charge is 2.08. The Kier molecular flexibility index (Phi) is 3.76. The van der Waals surface area contributed by atoms with Crippen molar-refractivity contribution >= 4 is 38.9 Å². The van der Waals surface area contributed by atoms with E-state index < -0.39 is 0 Å². The molecule has 0 fully saturated rings.